The molecule has 1 amide bonds. The summed E-state index contributed by atoms with van der Waals surface area (Å²) in [6.45, 7) is 0.267. The summed E-state index contributed by atoms with van der Waals surface area (Å²) < 4.78 is 0. The van der Waals surface area contributed by atoms with Crippen molar-refractivity contribution < 1.29 is 4.79 Å². The fourth-order valence-corrected chi connectivity index (χ4v) is 1.78. The van der Waals surface area contributed by atoms with Gasteiger partial charge in [-0.2, -0.15) is 0 Å². The Bertz CT molecular complexity index is 611. The Morgan fingerprint density at radius 2 is 2.00 bits per heavy atom. The number of fused-ring (bicyclic) bond motifs is 1. The maximum Gasteiger partial charge on any atom is 0.241 e. The first kappa shape index (κ1) is 13.1. The Labute approximate surface area is 111 Å². The average Bonchev–Trinajstić information content (AvgIpc) is 2.37. The second-order valence-electron chi connectivity index (χ2n) is 4.62. The number of carbonyl (C=O) groups excluding carboxylic acids is 1. The van der Waals surface area contributed by atoms with Gasteiger partial charge in [0.1, 0.15) is 12.1 Å². The monoisotopic (exact) mass is 259 g/mol. The number of nitrogen functional groups attached to an aromatic ring is 1. The van der Waals surface area contributed by atoms with Crippen LogP contribution in [0.4, 0.5) is 11.5 Å². The van der Waals surface area contributed by atoms with Crippen molar-refractivity contribution in [2.45, 2.75) is 0 Å². The lowest BCUT2D eigenvalue weighted by Gasteiger charge is -2.21. The van der Waals surface area contributed by atoms with Crippen molar-refractivity contribution in [1.29, 1.82) is 0 Å². The van der Waals surface area contributed by atoms with Crippen molar-refractivity contribution in [3.63, 3.8) is 0 Å². The number of hydrogen-bond acceptors (Lipinski definition) is 5. The molecule has 0 saturated carbocycles. The number of aromatic nitrogens is 2. The van der Waals surface area contributed by atoms with Crippen LogP contribution in [0, 0.1) is 0 Å². The van der Waals surface area contributed by atoms with Crippen LogP contribution in [0.3, 0.4) is 0 Å². The maximum atomic E-state index is 11.7. The molecule has 2 rings (SSSR count). The van der Waals surface area contributed by atoms with Crippen molar-refractivity contribution in [3.8, 4) is 0 Å². The first-order valence-electron chi connectivity index (χ1n) is 5.90. The Morgan fingerprint density at radius 1 is 1.26 bits per heavy atom. The minimum absolute atomic E-state index is 0.0182. The molecule has 1 aromatic heterocycles. The SMILES string of the molecule is CN(C)C(=O)CN(C)c1ncnc2cc(N)ccc12. The van der Waals surface area contributed by atoms with Crippen LogP contribution in [0.5, 0.6) is 0 Å². The molecule has 0 radical (unpaired) electrons. The van der Waals surface area contributed by atoms with Gasteiger partial charge in [-0.05, 0) is 18.2 Å². The van der Waals surface area contributed by atoms with Gasteiger partial charge in [0.15, 0.2) is 0 Å². The highest BCUT2D eigenvalue weighted by Gasteiger charge is 2.13. The third kappa shape index (κ3) is 2.73. The van der Waals surface area contributed by atoms with Crippen LogP contribution in [0.1, 0.15) is 0 Å². The van der Waals surface area contributed by atoms with Gasteiger partial charge in [0.25, 0.3) is 0 Å². The Balaban J connectivity index is 2.37. The first-order chi connectivity index (χ1) is 8.99. The van der Waals surface area contributed by atoms with Gasteiger partial charge in [-0.1, -0.05) is 0 Å². The van der Waals surface area contributed by atoms with E-state index in [0.717, 1.165) is 16.7 Å². The van der Waals surface area contributed by atoms with E-state index >= 15 is 0 Å². The van der Waals surface area contributed by atoms with Gasteiger partial charge in [-0.25, -0.2) is 9.97 Å². The zero-order chi connectivity index (χ0) is 14.0. The van der Waals surface area contributed by atoms with E-state index in [0.29, 0.717) is 5.69 Å². The molecule has 2 N–H and O–H groups in total. The summed E-state index contributed by atoms with van der Waals surface area (Å²) in [4.78, 5) is 23.5. The van der Waals surface area contributed by atoms with E-state index in [4.69, 9.17) is 5.73 Å². The number of nitrogens with two attached hydrogens (primary N) is 1. The van der Waals surface area contributed by atoms with E-state index in [2.05, 4.69) is 9.97 Å². The normalized spacial score (nSPS) is 10.5. The highest BCUT2D eigenvalue weighted by atomic mass is 16.2. The Hall–Kier alpha value is -2.37. The number of likely N-dealkylation sites (N-methyl/N-ethyl adjacent to an activating group) is 2. The van der Waals surface area contributed by atoms with Crippen LogP contribution in [-0.4, -0.2) is 48.5 Å². The third-order valence-electron chi connectivity index (χ3n) is 2.87. The smallest absolute Gasteiger partial charge is 0.241 e. The van der Waals surface area contributed by atoms with Gasteiger partial charge in [-0.3, -0.25) is 4.79 Å². The van der Waals surface area contributed by atoms with Gasteiger partial charge >= 0.3 is 0 Å². The van der Waals surface area contributed by atoms with Crippen molar-refractivity contribution in [2.24, 2.45) is 0 Å². The van der Waals surface area contributed by atoms with Crippen LogP contribution in [0.25, 0.3) is 10.9 Å². The number of rotatable bonds is 3. The minimum Gasteiger partial charge on any atom is -0.399 e. The lowest BCUT2D eigenvalue weighted by molar-refractivity contribution is -0.127. The topological polar surface area (TPSA) is 75.4 Å². The second-order valence-corrected chi connectivity index (χ2v) is 4.62. The highest BCUT2D eigenvalue weighted by molar-refractivity contribution is 5.92. The predicted octanol–water partition coefficient (Wildman–Crippen LogP) is 0.736. The molecular formula is C13H17N5O. The van der Waals surface area contributed by atoms with E-state index in [9.17, 15) is 4.79 Å². The van der Waals surface area contributed by atoms with Gasteiger partial charge in [0.2, 0.25) is 5.91 Å². The van der Waals surface area contributed by atoms with Gasteiger partial charge in [-0.15, -0.1) is 0 Å². The molecule has 0 bridgehead atoms. The number of carbonyl (C=O) groups is 1. The highest BCUT2D eigenvalue weighted by Crippen LogP contribution is 2.23. The molecule has 0 saturated heterocycles. The standard InChI is InChI=1S/C13H17N5O/c1-17(2)12(19)7-18(3)13-10-5-4-9(14)6-11(10)15-8-16-13/h4-6,8H,7,14H2,1-3H3. The van der Waals surface area contributed by atoms with Gasteiger partial charge in [0, 0.05) is 32.2 Å². The number of benzene rings is 1. The van der Waals surface area contributed by atoms with Crippen molar-refractivity contribution in [1.82, 2.24) is 14.9 Å². The summed E-state index contributed by atoms with van der Waals surface area (Å²) in [5.74, 6) is 0.741. The van der Waals surface area contributed by atoms with E-state index < -0.39 is 0 Å². The fourth-order valence-electron chi connectivity index (χ4n) is 1.78. The maximum absolute atomic E-state index is 11.7. The Morgan fingerprint density at radius 3 is 2.68 bits per heavy atom. The zero-order valence-electron chi connectivity index (χ0n) is 11.3. The van der Waals surface area contributed by atoms with Crippen molar-refractivity contribution >= 4 is 28.3 Å². The molecule has 1 aromatic carbocycles. The van der Waals surface area contributed by atoms with Crippen LogP contribution >= 0.6 is 0 Å². The number of nitrogens with zero attached hydrogens (tertiary/aromatic N) is 4. The third-order valence-corrected chi connectivity index (χ3v) is 2.87. The molecule has 0 spiro atoms. The summed E-state index contributed by atoms with van der Waals surface area (Å²) in [7, 11) is 5.30. The van der Waals surface area contributed by atoms with Crippen LogP contribution in [0.2, 0.25) is 0 Å². The van der Waals surface area contributed by atoms with Gasteiger partial charge < -0.3 is 15.5 Å². The number of hydrogen-bond donors (Lipinski definition) is 1. The second kappa shape index (κ2) is 5.09. The van der Waals surface area contributed by atoms with E-state index in [1.807, 2.05) is 18.0 Å². The molecule has 0 aliphatic heterocycles. The lowest BCUT2D eigenvalue weighted by atomic mass is 10.2. The quantitative estimate of drug-likeness (QED) is 0.823. The summed E-state index contributed by atoms with van der Waals surface area (Å²) in [5, 5.41) is 0.880. The summed E-state index contributed by atoms with van der Waals surface area (Å²) in [6, 6.07) is 5.47. The largest absolute Gasteiger partial charge is 0.399 e. The predicted molar refractivity (Wildman–Crippen MR) is 75.9 cm³/mol. The van der Waals surface area contributed by atoms with E-state index in [1.165, 1.54) is 6.33 Å². The zero-order valence-corrected chi connectivity index (χ0v) is 11.3. The molecule has 0 fully saturated rings. The van der Waals surface area contributed by atoms with Crippen LogP contribution < -0.4 is 10.6 Å². The first-order valence-corrected chi connectivity index (χ1v) is 5.90. The summed E-state index contributed by atoms with van der Waals surface area (Å²) in [6.07, 6.45) is 1.48. The van der Waals surface area contributed by atoms with Gasteiger partial charge in [0.05, 0.1) is 12.1 Å². The number of anilines is 2. The molecule has 0 aliphatic carbocycles. The molecular weight excluding hydrogens is 242 g/mol. The lowest BCUT2D eigenvalue weighted by Crippen LogP contribution is -2.34. The Kier molecular flexibility index (Phi) is 3.50. The average molecular weight is 259 g/mol. The molecule has 6 heteroatoms. The molecule has 0 unspecified atom stereocenters. The molecule has 0 aliphatic rings. The molecule has 6 nitrogen and oxygen atoms in total. The summed E-state index contributed by atoms with van der Waals surface area (Å²) >= 11 is 0. The van der Waals surface area contributed by atoms with Crippen LogP contribution in [0.15, 0.2) is 24.5 Å². The molecule has 1 heterocycles. The molecule has 19 heavy (non-hydrogen) atoms. The molecule has 100 valence electrons. The van der Waals surface area contributed by atoms with E-state index in [1.54, 1.807) is 31.1 Å². The van der Waals surface area contributed by atoms with Crippen LogP contribution in [-0.2, 0) is 4.79 Å². The fraction of sp³-hybridized carbons (Fsp3) is 0.308. The van der Waals surface area contributed by atoms with Crippen molar-refractivity contribution in [2.75, 3.05) is 38.3 Å². The molecule has 0 atom stereocenters. The number of amides is 1. The summed E-state index contributed by atoms with van der Waals surface area (Å²) in [5.41, 5.74) is 7.16. The van der Waals surface area contributed by atoms with E-state index in [-0.39, 0.29) is 12.5 Å². The van der Waals surface area contributed by atoms with Crippen molar-refractivity contribution in [3.05, 3.63) is 24.5 Å². The molecule has 2 aromatic rings. The minimum atomic E-state index is 0.0182.